The highest BCUT2D eigenvalue weighted by Crippen LogP contribution is 2.10. The van der Waals surface area contributed by atoms with Crippen LogP contribution in [-0.4, -0.2) is 57.5 Å². The molecule has 1 atom stereocenters. The molecule has 7 heteroatoms. The second-order valence-electron chi connectivity index (χ2n) is 6.44. The molecular formula is C18H23N5O2. The molecule has 0 bridgehead atoms. The van der Waals surface area contributed by atoms with Crippen LogP contribution in [-0.2, 0) is 17.9 Å². The molecule has 1 aliphatic heterocycles. The molecule has 0 radical (unpaired) electrons. The van der Waals surface area contributed by atoms with Crippen molar-refractivity contribution in [3.8, 4) is 0 Å². The molecule has 0 unspecified atom stereocenters. The van der Waals surface area contributed by atoms with Gasteiger partial charge in [-0.1, -0.05) is 24.3 Å². The van der Waals surface area contributed by atoms with Crippen LogP contribution in [0.25, 0.3) is 0 Å². The minimum absolute atomic E-state index is 0.0299. The summed E-state index contributed by atoms with van der Waals surface area (Å²) in [5.41, 5.74) is 2.20. The number of amides is 3. The Kier molecular flexibility index (Phi) is 5.02. The van der Waals surface area contributed by atoms with Crippen molar-refractivity contribution in [3.63, 3.8) is 0 Å². The maximum atomic E-state index is 12.3. The topological polar surface area (TPSA) is 70.5 Å². The van der Waals surface area contributed by atoms with Gasteiger partial charge in [-0.3, -0.25) is 4.79 Å². The summed E-state index contributed by atoms with van der Waals surface area (Å²) in [6.45, 7) is 3.85. The lowest BCUT2D eigenvalue weighted by Gasteiger charge is -2.37. The van der Waals surface area contributed by atoms with Crippen LogP contribution >= 0.6 is 0 Å². The number of aromatic nitrogens is 2. The van der Waals surface area contributed by atoms with E-state index in [2.05, 4.69) is 10.3 Å². The van der Waals surface area contributed by atoms with Gasteiger partial charge in [0.1, 0.15) is 6.54 Å². The third kappa shape index (κ3) is 4.17. The normalized spacial score (nSPS) is 17.7. The van der Waals surface area contributed by atoms with Crippen molar-refractivity contribution < 1.29 is 9.59 Å². The molecule has 0 spiro atoms. The molecule has 1 aromatic carbocycles. The van der Waals surface area contributed by atoms with Gasteiger partial charge in [0.15, 0.2) is 0 Å². The first-order valence-corrected chi connectivity index (χ1v) is 8.35. The van der Waals surface area contributed by atoms with Crippen molar-refractivity contribution in [2.75, 3.05) is 20.1 Å². The van der Waals surface area contributed by atoms with E-state index >= 15 is 0 Å². The van der Waals surface area contributed by atoms with E-state index in [1.807, 2.05) is 42.0 Å². The molecule has 7 nitrogen and oxygen atoms in total. The van der Waals surface area contributed by atoms with Crippen molar-refractivity contribution in [1.82, 2.24) is 24.7 Å². The van der Waals surface area contributed by atoms with Crippen LogP contribution in [0.3, 0.4) is 0 Å². The van der Waals surface area contributed by atoms with E-state index in [4.69, 9.17) is 0 Å². The van der Waals surface area contributed by atoms with Gasteiger partial charge in [0.05, 0.1) is 6.33 Å². The number of nitrogens with one attached hydrogen (secondary N) is 1. The maximum Gasteiger partial charge on any atom is 0.318 e. The molecule has 1 N–H and O–H groups in total. The fourth-order valence-corrected chi connectivity index (χ4v) is 2.82. The fourth-order valence-electron chi connectivity index (χ4n) is 2.82. The van der Waals surface area contributed by atoms with Crippen LogP contribution in [0.1, 0.15) is 18.1 Å². The Balaban J connectivity index is 1.51. The predicted octanol–water partition coefficient (Wildman–Crippen LogP) is 1.30. The van der Waals surface area contributed by atoms with E-state index in [1.165, 1.54) is 5.56 Å². The molecular weight excluding hydrogens is 318 g/mol. The van der Waals surface area contributed by atoms with E-state index in [9.17, 15) is 9.59 Å². The van der Waals surface area contributed by atoms with Gasteiger partial charge < -0.3 is 19.7 Å². The van der Waals surface area contributed by atoms with E-state index in [-0.39, 0.29) is 24.5 Å². The van der Waals surface area contributed by atoms with Crippen molar-refractivity contribution >= 4 is 11.9 Å². The van der Waals surface area contributed by atoms with Crippen LogP contribution in [0, 0.1) is 0 Å². The van der Waals surface area contributed by atoms with Crippen molar-refractivity contribution in [1.29, 1.82) is 0 Å². The van der Waals surface area contributed by atoms with Gasteiger partial charge >= 0.3 is 6.03 Å². The molecule has 2 aromatic rings. The highest BCUT2D eigenvalue weighted by atomic mass is 16.2. The second-order valence-corrected chi connectivity index (χ2v) is 6.44. The van der Waals surface area contributed by atoms with Gasteiger partial charge in [0, 0.05) is 45.1 Å². The van der Waals surface area contributed by atoms with Crippen molar-refractivity contribution in [3.05, 3.63) is 54.1 Å². The van der Waals surface area contributed by atoms with E-state index in [0.717, 1.165) is 12.1 Å². The average molecular weight is 341 g/mol. The first-order valence-electron chi connectivity index (χ1n) is 8.35. The number of piperazine rings is 1. The standard InChI is InChI=1S/C18H23N5O2/c1-14-10-23(12-17(24)21(14)2)18(25)20-9-15-3-5-16(6-4-15)11-22-8-7-19-13-22/h3-8,13-14H,9-12H2,1-2H3,(H,20,25)/t14-/m0/s1. The van der Waals surface area contributed by atoms with E-state index in [0.29, 0.717) is 13.1 Å². The molecule has 1 aromatic heterocycles. The first-order chi connectivity index (χ1) is 12.0. The number of imidazole rings is 1. The lowest BCUT2D eigenvalue weighted by molar-refractivity contribution is -0.135. The van der Waals surface area contributed by atoms with Gasteiger partial charge in [0.2, 0.25) is 5.91 Å². The van der Waals surface area contributed by atoms with Crippen molar-refractivity contribution in [2.24, 2.45) is 0 Å². The third-order valence-electron chi connectivity index (χ3n) is 4.54. The molecule has 1 saturated heterocycles. The number of rotatable bonds is 4. The zero-order valence-electron chi connectivity index (χ0n) is 14.6. The van der Waals surface area contributed by atoms with Crippen LogP contribution in [0.15, 0.2) is 43.0 Å². The monoisotopic (exact) mass is 341 g/mol. The lowest BCUT2D eigenvalue weighted by Crippen LogP contribution is -2.57. The third-order valence-corrected chi connectivity index (χ3v) is 4.54. The van der Waals surface area contributed by atoms with Crippen molar-refractivity contribution in [2.45, 2.75) is 26.1 Å². The Hall–Kier alpha value is -2.83. The molecule has 1 fully saturated rings. The quantitative estimate of drug-likeness (QED) is 0.911. The molecule has 0 saturated carbocycles. The highest BCUT2D eigenvalue weighted by Gasteiger charge is 2.29. The number of nitrogens with zero attached hydrogens (tertiary/aromatic N) is 4. The van der Waals surface area contributed by atoms with Crippen LogP contribution in [0.5, 0.6) is 0 Å². The Bertz CT molecular complexity index is 726. The number of benzene rings is 1. The summed E-state index contributed by atoms with van der Waals surface area (Å²) in [5.74, 6) is -0.0299. The summed E-state index contributed by atoms with van der Waals surface area (Å²) in [7, 11) is 1.77. The van der Waals surface area contributed by atoms with Gasteiger partial charge in [-0.25, -0.2) is 9.78 Å². The summed E-state index contributed by atoms with van der Waals surface area (Å²) in [6, 6.07) is 7.94. The molecule has 0 aliphatic carbocycles. The minimum Gasteiger partial charge on any atom is -0.340 e. The number of carbonyl (C=O) groups is 2. The van der Waals surface area contributed by atoms with Crippen LogP contribution in [0.2, 0.25) is 0 Å². The maximum absolute atomic E-state index is 12.3. The first kappa shape index (κ1) is 17.0. The zero-order valence-corrected chi connectivity index (χ0v) is 14.6. The molecule has 25 heavy (non-hydrogen) atoms. The molecule has 3 rings (SSSR count). The van der Waals surface area contributed by atoms with E-state index in [1.54, 1.807) is 29.4 Å². The SMILES string of the molecule is C[C@H]1CN(C(=O)NCc2ccc(Cn3ccnc3)cc2)CC(=O)N1C. The Morgan fingerprint density at radius 2 is 2.00 bits per heavy atom. The summed E-state index contributed by atoms with van der Waals surface area (Å²) >= 11 is 0. The molecule has 1 aliphatic rings. The van der Waals surface area contributed by atoms with Crippen LogP contribution in [0.4, 0.5) is 4.79 Å². The van der Waals surface area contributed by atoms with Gasteiger partial charge in [0.25, 0.3) is 0 Å². The predicted molar refractivity (Wildman–Crippen MR) is 93.8 cm³/mol. The molecule has 2 heterocycles. The van der Waals surface area contributed by atoms with Gasteiger partial charge in [-0.05, 0) is 18.1 Å². The number of hydrogen-bond acceptors (Lipinski definition) is 3. The second kappa shape index (κ2) is 7.38. The Labute approximate surface area is 147 Å². The number of likely N-dealkylation sites (N-methyl/N-ethyl adjacent to an activating group) is 1. The summed E-state index contributed by atoms with van der Waals surface area (Å²) in [5, 5.41) is 2.89. The average Bonchev–Trinajstić information content (AvgIpc) is 3.11. The number of urea groups is 1. The van der Waals surface area contributed by atoms with Gasteiger partial charge in [-0.15, -0.1) is 0 Å². The molecule has 3 amide bonds. The summed E-state index contributed by atoms with van der Waals surface area (Å²) in [4.78, 5) is 31.4. The zero-order chi connectivity index (χ0) is 17.8. The van der Waals surface area contributed by atoms with Gasteiger partial charge in [-0.2, -0.15) is 0 Å². The fraction of sp³-hybridized carbons (Fsp3) is 0.389. The molecule has 132 valence electrons. The largest absolute Gasteiger partial charge is 0.340 e. The highest BCUT2D eigenvalue weighted by molar-refractivity contribution is 5.85. The van der Waals surface area contributed by atoms with Crippen LogP contribution < -0.4 is 5.32 Å². The Morgan fingerprint density at radius 1 is 1.28 bits per heavy atom. The Morgan fingerprint density at radius 3 is 2.64 bits per heavy atom. The number of hydrogen-bond donors (Lipinski definition) is 1. The number of carbonyl (C=O) groups excluding carboxylic acids is 2. The summed E-state index contributed by atoms with van der Waals surface area (Å²) < 4.78 is 2.00. The summed E-state index contributed by atoms with van der Waals surface area (Å²) in [6.07, 6.45) is 5.47. The smallest absolute Gasteiger partial charge is 0.318 e. The minimum atomic E-state index is -0.198. The van der Waals surface area contributed by atoms with E-state index < -0.39 is 0 Å². The lowest BCUT2D eigenvalue weighted by atomic mass is 10.1.